The highest BCUT2D eigenvalue weighted by atomic mass is 32.1. The van der Waals surface area contributed by atoms with Gasteiger partial charge in [0.1, 0.15) is 5.82 Å². The summed E-state index contributed by atoms with van der Waals surface area (Å²) in [5, 5.41) is 6.47. The van der Waals surface area contributed by atoms with Gasteiger partial charge in [0.05, 0.1) is 5.69 Å². The molecule has 15 heavy (non-hydrogen) atoms. The maximum Gasteiger partial charge on any atom is 0.171 e. The van der Waals surface area contributed by atoms with Crippen LogP contribution in [0.4, 0.5) is 10.1 Å². The van der Waals surface area contributed by atoms with Crippen molar-refractivity contribution in [2.75, 3.05) is 5.32 Å². The zero-order chi connectivity index (χ0) is 10.8. The summed E-state index contributed by atoms with van der Waals surface area (Å²) in [6, 6.07) is 5.41. The van der Waals surface area contributed by atoms with Crippen LogP contribution in [0.5, 0.6) is 0 Å². The van der Waals surface area contributed by atoms with E-state index in [0.717, 1.165) is 18.4 Å². The molecule has 1 aromatic carbocycles. The molecular weight excluding hydrogens is 211 g/mol. The number of nitrogens with one attached hydrogen (secondary N) is 2. The Morgan fingerprint density at radius 3 is 2.87 bits per heavy atom. The molecule has 2 nitrogen and oxygen atoms in total. The molecule has 1 aliphatic carbocycles. The highest BCUT2D eigenvalue weighted by Crippen LogP contribution is 2.20. The van der Waals surface area contributed by atoms with Crippen LogP contribution in [0.3, 0.4) is 0 Å². The molecule has 0 bridgehead atoms. The van der Waals surface area contributed by atoms with Gasteiger partial charge >= 0.3 is 0 Å². The van der Waals surface area contributed by atoms with E-state index in [1.807, 2.05) is 6.92 Å². The first-order valence-corrected chi connectivity index (χ1v) is 5.39. The van der Waals surface area contributed by atoms with Crippen molar-refractivity contribution in [3.05, 3.63) is 29.6 Å². The monoisotopic (exact) mass is 224 g/mol. The predicted molar refractivity (Wildman–Crippen MR) is 63.5 cm³/mol. The van der Waals surface area contributed by atoms with Crippen LogP contribution in [0, 0.1) is 12.7 Å². The third-order valence-electron chi connectivity index (χ3n) is 2.28. The average Bonchev–Trinajstić information content (AvgIpc) is 2.95. The molecule has 0 saturated heterocycles. The fourth-order valence-corrected chi connectivity index (χ4v) is 1.58. The van der Waals surface area contributed by atoms with E-state index in [2.05, 4.69) is 10.6 Å². The van der Waals surface area contributed by atoms with E-state index in [4.69, 9.17) is 12.2 Å². The molecule has 0 amide bonds. The Morgan fingerprint density at radius 1 is 1.47 bits per heavy atom. The highest BCUT2D eigenvalue weighted by Gasteiger charge is 2.21. The van der Waals surface area contributed by atoms with E-state index in [-0.39, 0.29) is 5.82 Å². The quantitative estimate of drug-likeness (QED) is 0.755. The number of hydrogen-bond acceptors (Lipinski definition) is 1. The first kappa shape index (κ1) is 10.4. The zero-order valence-corrected chi connectivity index (χ0v) is 9.33. The second-order valence-corrected chi connectivity index (χ2v) is 4.26. The highest BCUT2D eigenvalue weighted by molar-refractivity contribution is 7.80. The second-order valence-electron chi connectivity index (χ2n) is 3.86. The van der Waals surface area contributed by atoms with E-state index in [9.17, 15) is 4.39 Å². The van der Waals surface area contributed by atoms with Crippen LogP contribution >= 0.6 is 12.2 Å². The molecule has 2 N–H and O–H groups in total. The van der Waals surface area contributed by atoms with Gasteiger partial charge in [0.15, 0.2) is 5.11 Å². The molecule has 1 aliphatic rings. The van der Waals surface area contributed by atoms with Crippen molar-refractivity contribution < 1.29 is 4.39 Å². The van der Waals surface area contributed by atoms with Crippen molar-refractivity contribution in [2.24, 2.45) is 0 Å². The standard InChI is InChI=1S/C11H13FN2S/c1-7-2-5-9(12)10(6-7)14-11(15)13-8-3-4-8/h2,5-6,8H,3-4H2,1H3,(H2,13,14,15). The maximum absolute atomic E-state index is 13.3. The molecule has 1 aromatic rings. The lowest BCUT2D eigenvalue weighted by molar-refractivity contribution is 0.631. The smallest absolute Gasteiger partial charge is 0.171 e. The molecule has 1 fully saturated rings. The van der Waals surface area contributed by atoms with Crippen LogP contribution in [-0.2, 0) is 0 Å². The van der Waals surface area contributed by atoms with Crippen LogP contribution in [0.2, 0.25) is 0 Å². The SMILES string of the molecule is Cc1ccc(F)c(NC(=S)NC2CC2)c1. The fourth-order valence-electron chi connectivity index (χ4n) is 1.31. The summed E-state index contributed by atoms with van der Waals surface area (Å²) in [6.07, 6.45) is 2.30. The first-order chi connectivity index (χ1) is 7.15. The van der Waals surface area contributed by atoms with E-state index in [1.165, 1.54) is 6.07 Å². The second kappa shape index (κ2) is 4.14. The largest absolute Gasteiger partial charge is 0.360 e. The number of hydrogen-bond donors (Lipinski definition) is 2. The lowest BCUT2D eigenvalue weighted by Crippen LogP contribution is -2.30. The Kier molecular flexibility index (Phi) is 2.86. The lowest BCUT2D eigenvalue weighted by Gasteiger charge is -2.10. The van der Waals surface area contributed by atoms with Crippen LogP contribution in [0.25, 0.3) is 0 Å². The summed E-state index contributed by atoms with van der Waals surface area (Å²) >= 11 is 5.07. The molecule has 0 aliphatic heterocycles. The summed E-state index contributed by atoms with van der Waals surface area (Å²) in [7, 11) is 0. The Balaban J connectivity index is 2.01. The van der Waals surface area contributed by atoms with E-state index in [1.54, 1.807) is 12.1 Å². The Bertz CT molecular complexity index is 388. The minimum atomic E-state index is -0.277. The normalized spacial score (nSPS) is 14.8. The number of rotatable bonds is 2. The maximum atomic E-state index is 13.3. The Labute approximate surface area is 93.9 Å². The van der Waals surface area contributed by atoms with Crippen LogP contribution in [0.15, 0.2) is 18.2 Å². The zero-order valence-electron chi connectivity index (χ0n) is 8.51. The molecule has 2 rings (SSSR count). The molecule has 4 heteroatoms. The summed E-state index contributed by atoms with van der Waals surface area (Å²) in [5.74, 6) is -0.277. The number of thiocarbonyl (C=S) groups is 1. The van der Waals surface area contributed by atoms with Crippen LogP contribution in [0.1, 0.15) is 18.4 Å². The minimum absolute atomic E-state index is 0.277. The van der Waals surface area contributed by atoms with Gasteiger partial charge in [-0.2, -0.15) is 0 Å². The summed E-state index contributed by atoms with van der Waals surface area (Å²) in [6.45, 7) is 1.92. The number of halogens is 1. The van der Waals surface area contributed by atoms with Gasteiger partial charge in [-0.3, -0.25) is 0 Å². The summed E-state index contributed by atoms with van der Waals surface area (Å²) in [4.78, 5) is 0. The van der Waals surface area contributed by atoms with Crippen molar-refractivity contribution in [1.29, 1.82) is 0 Å². The molecule has 1 saturated carbocycles. The Hall–Kier alpha value is -1.16. The van der Waals surface area contributed by atoms with E-state index >= 15 is 0 Å². The van der Waals surface area contributed by atoms with Crippen molar-refractivity contribution in [3.8, 4) is 0 Å². The van der Waals surface area contributed by atoms with Crippen molar-refractivity contribution >= 4 is 23.0 Å². The van der Waals surface area contributed by atoms with E-state index < -0.39 is 0 Å². The molecule has 0 atom stereocenters. The fraction of sp³-hybridized carbons (Fsp3) is 0.364. The van der Waals surface area contributed by atoms with Gasteiger partial charge < -0.3 is 10.6 Å². The van der Waals surface area contributed by atoms with Gasteiger partial charge in [-0.05, 0) is 49.7 Å². The predicted octanol–water partition coefficient (Wildman–Crippen LogP) is 2.58. The van der Waals surface area contributed by atoms with Gasteiger partial charge in [0.25, 0.3) is 0 Å². The third-order valence-corrected chi connectivity index (χ3v) is 2.50. The molecule has 0 aromatic heterocycles. The molecular formula is C11H13FN2S. The first-order valence-electron chi connectivity index (χ1n) is 4.99. The molecule has 0 spiro atoms. The third kappa shape index (κ3) is 2.89. The van der Waals surface area contributed by atoms with Crippen LogP contribution < -0.4 is 10.6 Å². The molecule has 0 unspecified atom stereocenters. The molecule has 80 valence electrons. The minimum Gasteiger partial charge on any atom is -0.360 e. The lowest BCUT2D eigenvalue weighted by atomic mass is 10.2. The topological polar surface area (TPSA) is 24.1 Å². The van der Waals surface area contributed by atoms with E-state index in [0.29, 0.717) is 16.8 Å². The van der Waals surface area contributed by atoms with Crippen molar-refractivity contribution in [1.82, 2.24) is 5.32 Å². The van der Waals surface area contributed by atoms with Crippen LogP contribution in [-0.4, -0.2) is 11.2 Å². The number of benzene rings is 1. The van der Waals surface area contributed by atoms with Gasteiger partial charge in [-0.1, -0.05) is 6.07 Å². The average molecular weight is 224 g/mol. The Morgan fingerprint density at radius 2 is 2.20 bits per heavy atom. The molecule has 0 heterocycles. The van der Waals surface area contributed by atoms with Crippen molar-refractivity contribution in [2.45, 2.75) is 25.8 Å². The summed E-state index contributed by atoms with van der Waals surface area (Å²) in [5.41, 5.74) is 1.45. The van der Waals surface area contributed by atoms with Gasteiger partial charge in [-0.15, -0.1) is 0 Å². The number of anilines is 1. The van der Waals surface area contributed by atoms with Gasteiger partial charge in [0.2, 0.25) is 0 Å². The summed E-state index contributed by atoms with van der Waals surface area (Å²) < 4.78 is 13.3. The van der Waals surface area contributed by atoms with Gasteiger partial charge in [-0.25, -0.2) is 4.39 Å². The number of aryl methyl sites for hydroxylation is 1. The van der Waals surface area contributed by atoms with Crippen molar-refractivity contribution in [3.63, 3.8) is 0 Å². The van der Waals surface area contributed by atoms with Gasteiger partial charge in [0, 0.05) is 6.04 Å². The molecule has 0 radical (unpaired) electrons.